The van der Waals surface area contributed by atoms with Crippen LogP contribution in [0.2, 0.25) is 0 Å². The van der Waals surface area contributed by atoms with Gasteiger partial charge in [0.2, 0.25) is 0 Å². The van der Waals surface area contributed by atoms with Gasteiger partial charge in [0.05, 0.1) is 11.6 Å². The van der Waals surface area contributed by atoms with Gasteiger partial charge in [-0.3, -0.25) is 9.59 Å². The molecule has 8 nitrogen and oxygen atoms in total. The number of benzene rings is 3. The number of Topliss-reactive ketones (excluding diaryl/α,β-unsaturated/α-hetero) is 1. The van der Waals surface area contributed by atoms with E-state index in [1.165, 1.54) is 4.90 Å². The summed E-state index contributed by atoms with van der Waals surface area (Å²) in [6, 6.07) is 21.2. The Labute approximate surface area is 221 Å². The third kappa shape index (κ3) is 5.21. The number of rotatable bonds is 9. The third-order valence-electron chi connectivity index (χ3n) is 6.53. The summed E-state index contributed by atoms with van der Waals surface area (Å²) in [5.41, 5.74) is 2.06. The summed E-state index contributed by atoms with van der Waals surface area (Å²) in [6.07, 6.45) is 0.536. The molecule has 1 saturated heterocycles. The van der Waals surface area contributed by atoms with Crippen LogP contribution >= 0.6 is 0 Å². The Kier molecular flexibility index (Phi) is 7.60. The second kappa shape index (κ2) is 11.4. The number of amides is 1. The van der Waals surface area contributed by atoms with Crippen LogP contribution in [-0.2, 0) is 20.9 Å². The van der Waals surface area contributed by atoms with Crippen molar-refractivity contribution < 1.29 is 33.6 Å². The summed E-state index contributed by atoms with van der Waals surface area (Å²) in [4.78, 5) is 28.0. The monoisotopic (exact) mass is 515 g/mol. The Morgan fingerprint density at radius 3 is 2.55 bits per heavy atom. The average molecular weight is 516 g/mol. The Balaban J connectivity index is 1.52. The van der Waals surface area contributed by atoms with Gasteiger partial charge in [0.15, 0.2) is 11.5 Å². The zero-order chi connectivity index (χ0) is 26.5. The number of aliphatic hydroxyl groups is 1. The number of ketones is 1. The number of nitrogens with zero attached hydrogens (tertiary/aromatic N) is 1. The summed E-state index contributed by atoms with van der Waals surface area (Å²) >= 11 is 0. The van der Waals surface area contributed by atoms with E-state index in [2.05, 4.69) is 0 Å². The molecule has 1 N–H and O–H groups in total. The van der Waals surface area contributed by atoms with Crippen LogP contribution in [0, 0.1) is 0 Å². The molecule has 5 rings (SSSR count). The van der Waals surface area contributed by atoms with Crippen LogP contribution in [0.5, 0.6) is 17.2 Å². The topological polar surface area (TPSA) is 94.5 Å². The van der Waals surface area contributed by atoms with E-state index in [1.54, 1.807) is 31.4 Å². The van der Waals surface area contributed by atoms with Crippen molar-refractivity contribution in [2.45, 2.75) is 19.1 Å². The Hall–Kier alpha value is -4.30. The number of carbonyl (C=O) groups excluding carboxylic acids is 2. The molecule has 3 aromatic carbocycles. The Morgan fingerprint density at radius 2 is 1.76 bits per heavy atom. The molecule has 8 heteroatoms. The van der Waals surface area contributed by atoms with E-state index in [4.69, 9.17) is 18.9 Å². The third-order valence-corrected chi connectivity index (χ3v) is 6.53. The lowest BCUT2D eigenvalue weighted by atomic mass is 9.95. The second-order valence-electron chi connectivity index (χ2n) is 9.04. The first kappa shape index (κ1) is 25.4. The Morgan fingerprint density at radius 1 is 0.974 bits per heavy atom. The van der Waals surface area contributed by atoms with Crippen molar-refractivity contribution in [3.63, 3.8) is 0 Å². The zero-order valence-electron chi connectivity index (χ0n) is 21.1. The molecular formula is C30H29NO7. The number of fused-ring (bicyclic) bond motifs is 1. The van der Waals surface area contributed by atoms with Crippen molar-refractivity contribution in [3.8, 4) is 17.2 Å². The first-order valence-electron chi connectivity index (χ1n) is 12.5. The maximum Gasteiger partial charge on any atom is 0.295 e. The minimum Gasteiger partial charge on any atom is -0.507 e. The zero-order valence-corrected chi connectivity index (χ0v) is 21.1. The van der Waals surface area contributed by atoms with Crippen LogP contribution in [0.3, 0.4) is 0 Å². The number of methoxy groups -OCH3 is 1. The molecule has 2 aliphatic rings. The van der Waals surface area contributed by atoms with Gasteiger partial charge in [-0.1, -0.05) is 42.5 Å². The highest BCUT2D eigenvalue weighted by Crippen LogP contribution is 2.41. The van der Waals surface area contributed by atoms with Gasteiger partial charge in [0, 0.05) is 25.8 Å². The highest BCUT2D eigenvalue weighted by molar-refractivity contribution is 6.46. The maximum absolute atomic E-state index is 13.3. The van der Waals surface area contributed by atoms with Crippen molar-refractivity contribution in [3.05, 3.63) is 95.1 Å². The standard InChI is InChI=1S/C30H29NO7/c1-35-14-6-13-31-27(21-9-5-10-23(17-21)38-19-20-7-3-2-4-8-20)26(29(33)30(31)34)28(32)22-11-12-24-25(18-22)37-16-15-36-24/h2-5,7-12,17-18,27,32H,6,13-16,19H2,1H3/b28-26+. The van der Waals surface area contributed by atoms with Gasteiger partial charge < -0.3 is 29.0 Å². The fourth-order valence-corrected chi connectivity index (χ4v) is 4.70. The largest absolute Gasteiger partial charge is 0.507 e. The molecule has 1 unspecified atom stereocenters. The predicted molar refractivity (Wildman–Crippen MR) is 140 cm³/mol. The molecule has 1 fully saturated rings. The van der Waals surface area contributed by atoms with Gasteiger partial charge in [-0.2, -0.15) is 0 Å². The number of ether oxygens (including phenoxy) is 4. The van der Waals surface area contributed by atoms with Gasteiger partial charge >= 0.3 is 0 Å². The molecule has 2 aliphatic heterocycles. The molecule has 0 radical (unpaired) electrons. The lowest BCUT2D eigenvalue weighted by Gasteiger charge is -2.26. The Bertz CT molecular complexity index is 1350. The number of aliphatic hydroxyl groups excluding tert-OH is 1. The van der Waals surface area contributed by atoms with Crippen LogP contribution in [0.15, 0.2) is 78.4 Å². The minimum atomic E-state index is -0.791. The van der Waals surface area contributed by atoms with E-state index in [9.17, 15) is 14.7 Å². The molecule has 38 heavy (non-hydrogen) atoms. The van der Waals surface area contributed by atoms with Crippen LogP contribution in [0.25, 0.3) is 5.76 Å². The predicted octanol–water partition coefficient (Wildman–Crippen LogP) is 4.50. The van der Waals surface area contributed by atoms with Gasteiger partial charge in [-0.25, -0.2) is 0 Å². The smallest absolute Gasteiger partial charge is 0.295 e. The molecule has 3 aromatic rings. The summed E-state index contributed by atoms with van der Waals surface area (Å²) < 4.78 is 22.4. The fourth-order valence-electron chi connectivity index (χ4n) is 4.70. The molecular weight excluding hydrogens is 486 g/mol. The summed E-state index contributed by atoms with van der Waals surface area (Å²) in [7, 11) is 1.58. The van der Waals surface area contributed by atoms with Crippen molar-refractivity contribution in [2.24, 2.45) is 0 Å². The van der Waals surface area contributed by atoms with E-state index in [1.807, 2.05) is 48.5 Å². The van der Waals surface area contributed by atoms with Gasteiger partial charge in [-0.05, 0) is 47.9 Å². The summed E-state index contributed by atoms with van der Waals surface area (Å²) in [6.45, 7) is 1.91. The minimum absolute atomic E-state index is 0.0179. The highest BCUT2D eigenvalue weighted by atomic mass is 16.6. The van der Waals surface area contributed by atoms with Crippen molar-refractivity contribution in [2.75, 3.05) is 33.5 Å². The van der Waals surface area contributed by atoms with E-state index in [0.717, 1.165) is 5.56 Å². The summed E-state index contributed by atoms with van der Waals surface area (Å²) in [5.74, 6) is -0.0466. The van der Waals surface area contributed by atoms with E-state index < -0.39 is 17.7 Å². The number of carbonyl (C=O) groups is 2. The number of likely N-dealkylation sites (tertiary alicyclic amines) is 1. The fraction of sp³-hybridized carbons (Fsp3) is 0.267. The van der Waals surface area contributed by atoms with Crippen LogP contribution < -0.4 is 14.2 Å². The van der Waals surface area contributed by atoms with E-state index in [0.29, 0.717) is 61.2 Å². The molecule has 0 spiro atoms. The summed E-state index contributed by atoms with van der Waals surface area (Å²) in [5, 5.41) is 11.4. The molecule has 0 aromatic heterocycles. The highest BCUT2D eigenvalue weighted by Gasteiger charge is 2.46. The number of hydrogen-bond acceptors (Lipinski definition) is 7. The lowest BCUT2D eigenvalue weighted by molar-refractivity contribution is -0.140. The molecule has 2 heterocycles. The van der Waals surface area contributed by atoms with Gasteiger partial charge in [0.25, 0.3) is 11.7 Å². The molecule has 1 amide bonds. The van der Waals surface area contributed by atoms with Gasteiger partial charge in [0.1, 0.15) is 31.3 Å². The first-order chi connectivity index (χ1) is 18.6. The van der Waals surface area contributed by atoms with Crippen LogP contribution in [-0.4, -0.2) is 55.2 Å². The van der Waals surface area contributed by atoms with Crippen molar-refractivity contribution in [1.82, 2.24) is 4.90 Å². The molecule has 0 bridgehead atoms. The van der Waals surface area contributed by atoms with Gasteiger partial charge in [-0.15, -0.1) is 0 Å². The second-order valence-corrected chi connectivity index (χ2v) is 9.04. The molecule has 196 valence electrons. The van der Waals surface area contributed by atoms with Crippen molar-refractivity contribution in [1.29, 1.82) is 0 Å². The van der Waals surface area contributed by atoms with Crippen LogP contribution in [0.4, 0.5) is 0 Å². The molecule has 0 saturated carbocycles. The van der Waals surface area contributed by atoms with Crippen LogP contribution in [0.1, 0.15) is 29.2 Å². The van der Waals surface area contributed by atoms with E-state index in [-0.39, 0.29) is 17.9 Å². The number of hydrogen-bond donors (Lipinski definition) is 1. The van der Waals surface area contributed by atoms with E-state index >= 15 is 0 Å². The maximum atomic E-state index is 13.3. The average Bonchev–Trinajstić information content (AvgIpc) is 3.21. The molecule has 1 atom stereocenters. The normalized spacial score (nSPS) is 18.0. The molecule has 0 aliphatic carbocycles. The quantitative estimate of drug-likeness (QED) is 0.194. The first-order valence-corrected chi connectivity index (χ1v) is 12.5. The SMILES string of the molecule is COCCCN1C(=O)C(=O)/C(=C(/O)c2ccc3c(c2)OCCO3)C1c1cccc(OCc2ccccc2)c1. The van der Waals surface area contributed by atoms with Crippen molar-refractivity contribution >= 4 is 17.4 Å². The lowest BCUT2D eigenvalue weighted by Crippen LogP contribution is -2.31.